The van der Waals surface area contributed by atoms with E-state index >= 15 is 0 Å². The van der Waals surface area contributed by atoms with Crippen molar-refractivity contribution >= 4 is 29.3 Å². The van der Waals surface area contributed by atoms with Gasteiger partial charge in [-0.2, -0.15) is 13.2 Å². The van der Waals surface area contributed by atoms with Crippen LogP contribution in [0.5, 0.6) is 5.75 Å². The molecule has 1 aliphatic rings. The molecule has 1 aliphatic heterocycles. The number of anilines is 1. The van der Waals surface area contributed by atoms with Crippen molar-refractivity contribution in [1.29, 1.82) is 0 Å². The standard InChI is InChI=1S/C38H40F3N3O4S/c1-25-21-44(26(2)24-45)37(47)31-13-9-15-33(42-35(46)20-28-10-7-8-14-32(28)38(39,40)41)36(31)48-34(25)23-43(3)22-27-16-18-30(19-17-27)49-29-11-5-4-6-12-29/h4-19,25-26,34,45H,20-24H2,1-3H3,(H,42,46)/t25-,26?,34-/m1/s1. The summed E-state index contributed by atoms with van der Waals surface area (Å²) in [7, 11) is 1.98. The summed E-state index contributed by atoms with van der Waals surface area (Å²) in [5.41, 5.74) is 0.447. The molecule has 2 amide bonds. The smallest absolute Gasteiger partial charge is 0.416 e. The number of alkyl halides is 3. The number of benzene rings is 4. The number of amides is 2. The largest absolute Gasteiger partial charge is 0.486 e. The van der Waals surface area contributed by atoms with Crippen LogP contribution in [0.2, 0.25) is 0 Å². The molecule has 4 aromatic carbocycles. The lowest BCUT2D eigenvalue weighted by Gasteiger charge is -2.38. The quantitative estimate of drug-likeness (QED) is 0.171. The Hall–Kier alpha value is -4.32. The van der Waals surface area contributed by atoms with Crippen molar-refractivity contribution in [2.75, 3.05) is 32.1 Å². The van der Waals surface area contributed by atoms with Crippen LogP contribution < -0.4 is 10.1 Å². The Kier molecular flexibility index (Phi) is 11.7. The molecule has 2 N–H and O–H groups in total. The number of rotatable bonds is 11. The molecule has 11 heteroatoms. The maximum atomic E-state index is 13.8. The highest BCUT2D eigenvalue weighted by Gasteiger charge is 2.36. The number of hydrogen-bond donors (Lipinski definition) is 2. The van der Waals surface area contributed by atoms with Crippen LogP contribution in [0, 0.1) is 5.92 Å². The summed E-state index contributed by atoms with van der Waals surface area (Å²) in [6.07, 6.45) is -5.58. The van der Waals surface area contributed by atoms with Crippen LogP contribution in [0.15, 0.2) is 107 Å². The molecular weight excluding hydrogens is 651 g/mol. The van der Waals surface area contributed by atoms with Gasteiger partial charge in [-0.3, -0.25) is 14.5 Å². The maximum absolute atomic E-state index is 13.8. The van der Waals surface area contributed by atoms with Crippen molar-refractivity contribution in [3.05, 3.63) is 119 Å². The third-order valence-corrected chi connectivity index (χ3v) is 9.50. The molecule has 1 unspecified atom stereocenters. The van der Waals surface area contributed by atoms with Crippen LogP contribution >= 0.6 is 11.8 Å². The van der Waals surface area contributed by atoms with E-state index in [-0.39, 0.29) is 41.0 Å². The third kappa shape index (κ3) is 9.23. The van der Waals surface area contributed by atoms with E-state index in [9.17, 15) is 27.9 Å². The highest BCUT2D eigenvalue weighted by atomic mass is 32.2. The van der Waals surface area contributed by atoms with Gasteiger partial charge in [0.25, 0.3) is 5.91 Å². The molecule has 0 saturated carbocycles. The minimum atomic E-state index is -4.61. The lowest BCUT2D eigenvalue weighted by atomic mass is 9.98. The lowest BCUT2D eigenvalue weighted by Crippen LogP contribution is -2.49. The molecule has 5 rings (SSSR count). The van der Waals surface area contributed by atoms with E-state index in [0.717, 1.165) is 21.4 Å². The lowest BCUT2D eigenvalue weighted by molar-refractivity contribution is -0.138. The van der Waals surface area contributed by atoms with Crippen LogP contribution in [0.4, 0.5) is 18.9 Å². The number of fused-ring (bicyclic) bond motifs is 1. The van der Waals surface area contributed by atoms with E-state index in [0.29, 0.717) is 19.6 Å². The number of carbonyl (C=O) groups excluding carboxylic acids is 2. The number of nitrogens with zero attached hydrogens (tertiary/aromatic N) is 2. The molecule has 49 heavy (non-hydrogen) atoms. The number of aliphatic hydroxyl groups is 1. The van der Waals surface area contributed by atoms with Crippen molar-refractivity contribution in [1.82, 2.24) is 9.80 Å². The number of likely N-dealkylation sites (N-methyl/N-ethyl adjacent to an activating group) is 1. The van der Waals surface area contributed by atoms with Crippen molar-refractivity contribution in [3.63, 3.8) is 0 Å². The van der Waals surface area contributed by atoms with E-state index in [1.807, 2.05) is 32.2 Å². The highest BCUT2D eigenvalue weighted by molar-refractivity contribution is 7.99. The zero-order valence-electron chi connectivity index (χ0n) is 27.6. The zero-order chi connectivity index (χ0) is 35.1. The summed E-state index contributed by atoms with van der Waals surface area (Å²) in [6, 6.07) is 27.7. The molecule has 0 fully saturated rings. The Bertz CT molecular complexity index is 1740. The van der Waals surface area contributed by atoms with Gasteiger partial charge in [-0.25, -0.2) is 0 Å². The number of hydrogen-bond acceptors (Lipinski definition) is 6. The fraction of sp³-hybridized carbons (Fsp3) is 0.316. The summed E-state index contributed by atoms with van der Waals surface area (Å²) in [4.78, 5) is 33.0. The Morgan fingerprint density at radius 1 is 1.00 bits per heavy atom. The predicted molar refractivity (Wildman–Crippen MR) is 185 cm³/mol. The fourth-order valence-corrected chi connectivity index (χ4v) is 6.69. The molecule has 7 nitrogen and oxygen atoms in total. The second-order valence-electron chi connectivity index (χ2n) is 12.4. The summed E-state index contributed by atoms with van der Waals surface area (Å²) in [6.45, 7) is 4.91. The first-order valence-electron chi connectivity index (χ1n) is 16.1. The highest BCUT2D eigenvalue weighted by Crippen LogP contribution is 2.36. The van der Waals surface area contributed by atoms with Crippen molar-refractivity contribution in [3.8, 4) is 5.75 Å². The first-order valence-corrected chi connectivity index (χ1v) is 16.9. The number of aliphatic hydroxyl groups excluding tert-OH is 1. The van der Waals surface area contributed by atoms with Gasteiger partial charge in [0.2, 0.25) is 5.91 Å². The van der Waals surface area contributed by atoms with Crippen molar-refractivity contribution in [2.45, 2.75) is 54.9 Å². The Morgan fingerprint density at radius 3 is 2.37 bits per heavy atom. The number of para-hydroxylation sites is 1. The van der Waals surface area contributed by atoms with E-state index in [4.69, 9.17) is 4.74 Å². The topological polar surface area (TPSA) is 82.1 Å². The summed E-state index contributed by atoms with van der Waals surface area (Å²) < 4.78 is 47.4. The van der Waals surface area contributed by atoms with Gasteiger partial charge >= 0.3 is 6.18 Å². The van der Waals surface area contributed by atoms with Crippen molar-refractivity contribution < 1.29 is 32.6 Å². The minimum Gasteiger partial charge on any atom is -0.486 e. The van der Waals surface area contributed by atoms with E-state index < -0.39 is 36.2 Å². The van der Waals surface area contributed by atoms with Gasteiger partial charge in [0.1, 0.15) is 6.10 Å². The molecule has 4 aromatic rings. The van der Waals surface area contributed by atoms with Crippen LogP contribution in [0.25, 0.3) is 0 Å². The van der Waals surface area contributed by atoms with Crippen molar-refractivity contribution in [2.24, 2.45) is 5.92 Å². The average Bonchev–Trinajstić information content (AvgIpc) is 3.07. The van der Waals surface area contributed by atoms with Gasteiger partial charge in [0.05, 0.1) is 35.9 Å². The van der Waals surface area contributed by atoms with Crippen LogP contribution in [-0.4, -0.2) is 65.6 Å². The van der Waals surface area contributed by atoms with Gasteiger partial charge in [0, 0.05) is 35.3 Å². The average molecular weight is 692 g/mol. The SMILES string of the molecule is CC(CO)N1C[C@@H](C)[C@@H](CN(C)Cc2ccc(Sc3ccccc3)cc2)Oc2c(NC(=O)Cc3ccccc3C(F)(F)F)cccc2C1=O. The fourth-order valence-electron chi connectivity index (χ4n) is 5.85. The summed E-state index contributed by atoms with van der Waals surface area (Å²) in [5.74, 6) is -1.09. The predicted octanol–water partition coefficient (Wildman–Crippen LogP) is 7.39. The molecule has 0 radical (unpaired) electrons. The minimum absolute atomic E-state index is 0.146. The number of nitrogens with one attached hydrogen (secondary N) is 1. The monoisotopic (exact) mass is 691 g/mol. The Labute approximate surface area is 289 Å². The molecule has 0 aliphatic carbocycles. The first kappa shape index (κ1) is 36.0. The molecule has 3 atom stereocenters. The molecule has 0 saturated heterocycles. The molecule has 0 aromatic heterocycles. The molecular formula is C38H40F3N3O4S. The Balaban J connectivity index is 1.36. The number of halogens is 3. The van der Waals surface area contributed by atoms with E-state index in [2.05, 4.69) is 46.6 Å². The van der Waals surface area contributed by atoms with Gasteiger partial charge in [-0.15, -0.1) is 0 Å². The number of ether oxygens (including phenoxy) is 1. The zero-order valence-corrected chi connectivity index (χ0v) is 28.4. The summed E-state index contributed by atoms with van der Waals surface area (Å²) in [5, 5.41) is 12.7. The molecule has 0 spiro atoms. The molecule has 258 valence electrons. The van der Waals surface area contributed by atoms with Crippen LogP contribution in [0.3, 0.4) is 0 Å². The van der Waals surface area contributed by atoms with Crippen LogP contribution in [0.1, 0.15) is 40.9 Å². The van der Waals surface area contributed by atoms with E-state index in [1.165, 1.54) is 18.2 Å². The van der Waals surface area contributed by atoms with Gasteiger partial charge in [-0.1, -0.05) is 73.3 Å². The summed E-state index contributed by atoms with van der Waals surface area (Å²) >= 11 is 1.69. The number of carbonyl (C=O) groups is 2. The van der Waals surface area contributed by atoms with Gasteiger partial charge in [0.15, 0.2) is 5.75 Å². The van der Waals surface area contributed by atoms with Crippen LogP contribution in [-0.2, 0) is 23.9 Å². The Morgan fingerprint density at radius 2 is 1.67 bits per heavy atom. The molecule has 0 bridgehead atoms. The second-order valence-corrected chi connectivity index (χ2v) is 13.6. The third-order valence-electron chi connectivity index (χ3n) is 8.49. The normalized spacial score (nSPS) is 17.1. The van der Waals surface area contributed by atoms with E-state index in [1.54, 1.807) is 41.8 Å². The second kappa shape index (κ2) is 15.9. The maximum Gasteiger partial charge on any atom is 0.416 e. The van der Waals surface area contributed by atoms with Gasteiger partial charge in [-0.05, 0) is 67.6 Å². The molecule has 1 heterocycles. The van der Waals surface area contributed by atoms with Gasteiger partial charge < -0.3 is 20.1 Å². The first-order chi connectivity index (χ1) is 23.4.